The van der Waals surface area contributed by atoms with Crippen molar-refractivity contribution in [3.05, 3.63) is 48.6 Å². The molecule has 0 radical (unpaired) electrons. The third-order valence-corrected chi connectivity index (χ3v) is 6.23. The highest BCUT2D eigenvalue weighted by atomic mass is 16.6. The van der Waals surface area contributed by atoms with Crippen LogP contribution in [0.3, 0.4) is 0 Å². The fourth-order valence-electron chi connectivity index (χ4n) is 3.83. The zero-order valence-electron chi connectivity index (χ0n) is 24.7. The highest BCUT2D eigenvalue weighted by Gasteiger charge is 2.15. The van der Waals surface area contributed by atoms with Gasteiger partial charge in [-0.25, -0.2) is 0 Å². The third-order valence-electron chi connectivity index (χ3n) is 6.23. The second-order valence-corrected chi connectivity index (χ2v) is 10.0. The van der Waals surface area contributed by atoms with Crippen LogP contribution in [0.1, 0.15) is 123 Å². The molecule has 0 aromatic heterocycles. The van der Waals surface area contributed by atoms with Gasteiger partial charge < -0.3 is 19.7 Å². The molecule has 0 aliphatic rings. The summed E-state index contributed by atoms with van der Waals surface area (Å²) in [6.07, 6.45) is 30.8. The van der Waals surface area contributed by atoms with E-state index < -0.39 is 6.10 Å². The van der Waals surface area contributed by atoms with E-state index in [2.05, 4.69) is 44.2 Å². The zero-order valence-corrected chi connectivity index (χ0v) is 24.7. The van der Waals surface area contributed by atoms with Gasteiger partial charge in [0.1, 0.15) is 6.61 Å². The van der Waals surface area contributed by atoms with Crippen LogP contribution in [0.5, 0.6) is 0 Å². The van der Waals surface area contributed by atoms with Gasteiger partial charge in [0.15, 0.2) is 6.10 Å². The van der Waals surface area contributed by atoms with E-state index >= 15 is 0 Å². The van der Waals surface area contributed by atoms with Crippen LogP contribution in [-0.2, 0) is 19.1 Å². The molecule has 0 rings (SSSR count). The van der Waals surface area contributed by atoms with Crippen molar-refractivity contribution in [2.75, 3.05) is 13.2 Å². The smallest absolute Gasteiger partial charge is 0.306 e. The number of hydrogen-bond donors (Lipinski definition) is 2. The van der Waals surface area contributed by atoms with Crippen LogP contribution in [0.25, 0.3) is 0 Å². The Morgan fingerprint density at radius 2 is 1.33 bits per heavy atom. The van der Waals surface area contributed by atoms with E-state index in [1.807, 2.05) is 18.2 Å². The van der Waals surface area contributed by atoms with Crippen LogP contribution in [0.4, 0.5) is 0 Å². The third kappa shape index (κ3) is 27.2. The number of ether oxygens (including phenoxy) is 2. The molecule has 6 nitrogen and oxygen atoms in total. The standard InChI is InChI=1S/C33H56O6/c1-3-5-7-8-14-19-23-27-33(37)39-31(28-34)29-38-32(36)26-22-18-16-13-11-9-10-12-15-17-21-25-30(35)24-20-6-4-2/h9-10,13,15-17,21,25,30-31,34-35H,3-8,11-12,14,18-20,22-24,26-29H2,1-2H3/b10-9-,16-13-,17-15-,25-21+/t30-,31+/m1/s1. The second-order valence-electron chi connectivity index (χ2n) is 10.0. The number of aliphatic hydroxyl groups excluding tert-OH is 2. The molecule has 0 aliphatic carbocycles. The number of unbranched alkanes of at least 4 members (excludes halogenated alkanes) is 9. The molecule has 0 unspecified atom stereocenters. The molecular formula is C33H56O6. The van der Waals surface area contributed by atoms with Crippen molar-refractivity contribution in [1.82, 2.24) is 0 Å². The predicted octanol–water partition coefficient (Wildman–Crippen LogP) is 7.69. The molecule has 2 N–H and O–H groups in total. The molecule has 0 aliphatic heterocycles. The van der Waals surface area contributed by atoms with Crippen LogP contribution in [0.2, 0.25) is 0 Å². The summed E-state index contributed by atoms with van der Waals surface area (Å²) in [4.78, 5) is 23.9. The lowest BCUT2D eigenvalue weighted by atomic mass is 10.1. The SMILES string of the molecule is CCCCCCCCCC(=O)O[C@@H](CO)COC(=O)CCC/C=C\C/C=C\C/C=C\C=C\[C@H](O)CCCCC. The van der Waals surface area contributed by atoms with Gasteiger partial charge in [-0.3, -0.25) is 9.59 Å². The van der Waals surface area contributed by atoms with Gasteiger partial charge in [0.2, 0.25) is 0 Å². The van der Waals surface area contributed by atoms with E-state index in [-0.39, 0.29) is 37.7 Å². The molecule has 39 heavy (non-hydrogen) atoms. The molecule has 0 aromatic rings. The minimum atomic E-state index is -0.800. The summed E-state index contributed by atoms with van der Waals surface area (Å²) >= 11 is 0. The summed E-state index contributed by atoms with van der Waals surface area (Å²) in [6.45, 7) is 3.88. The van der Waals surface area contributed by atoms with E-state index in [0.717, 1.165) is 57.8 Å². The van der Waals surface area contributed by atoms with Crippen LogP contribution >= 0.6 is 0 Å². The van der Waals surface area contributed by atoms with Crippen LogP contribution in [0, 0.1) is 0 Å². The molecule has 2 atom stereocenters. The topological polar surface area (TPSA) is 93.1 Å². The van der Waals surface area contributed by atoms with Crippen LogP contribution in [0.15, 0.2) is 48.6 Å². The lowest BCUT2D eigenvalue weighted by Gasteiger charge is -2.15. The fourth-order valence-corrected chi connectivity index (χ4v) is 3.83. The first-order valence-electron chi connectivity index (χ1n) is 15.3. The van der Waals surface area contributed by atoms with E-state index in [4.69, 9.17) is 9.47 Å². The summed E-state index contributed by atoms with van der Waals surface area (Å²) in [5.74, 6) is -0.696. The first kappa shape index (κ1) is 36.8. The van der Waals surface area contributed by atoms with E-state index in [0.29, 0.717) is 12.8 Å². The summed E-state index contributed by atoms with van der Waals surface area (Å²) in [6, 6.07) is 0. The number of rotatable bonds is 26. The number of esters is 2. The van der Waals surface area contributed by atoms with Crippen molar-refractivity contribution in [2.45, 2.75) is 135 Å². The summed E-state index contributed by atoms with van der Waals surface area (Å²) in [5.41, 5.74) is 0. The molecule has 0 heterocycles. The first-order chi connectivity index (χ1) is 19.0. The summed E-state index contributed by atoms with van der Waals surface area (Å²) in [5, 5.41) is 19.2. The summed E-state index contributed by atoms with van der Waals surface area (Å²) in [7, 11) is 0. The molecule has 0 spiro atoms. The van der Waals surface area contributed by atoms with Crippen molar-refractivity contribution in [3.8, 4) is 0 Å². The van der Waals surface area contributed by atoms with Gasteiger partial charge >= 0.3 is 11.9 Å². The van der Waals surface area contributed by atoms with Crippen molar-refractivity contribution < 1.29 is 29.3 Å². The minimum Gasteiger partial charge on any atom is -0.462 e. The number of hydrogen-bond acceptors (Lipinski definition) is 6. The minimum absolute atomic E-state index is 0.109. The van der Waals surface area contributed by atoms with Gasteiger partial charge in [0.05, 0.1) is 12.7 Å². The Morgan fingerprint density at radius 3 is 2.05 bits per heavy atom. The van der Waals surface area contributed by atoms with Crippen LogP contribution < -0.4 is 0 Å². The molecular weight excluding hydrogens is 492 g/mol. The number of carbonyl (C=O) groups is 2. The number of carbonyl (C=O) groups excluding carboxylic acids is 2. The Balaban J connectivity index is 3.80. The lowest BCUT2D eigenvalue weighted by Crippen LogP contribution is -2.28. The largest absolute Gasteiger partial charge is 0.462 e. The molecule has 0 bridgehead atoms. The average Bonchev–Trinajstić information content (AvgIpc) is 2.93. The average molecular weight is 549 g/mol. The van der Waals surface area contributed by atoms with Gasteiger partial charge in [-0.1, -0.05) is 120 Å². The van der Waals surface area contributed by atoms with Crippen molar-refractivity contribution >= 4 is 11.9 Å². The number of allylic oxidation sites excluding steroid dienone is 7. The maximum Gasteiger partial charge on any atom is 0.306 e. The molecule has 0 aromatic carbocycles. The van der Waals surface area contributed by atoms with Crippen molar-refractivity contribution in [1.29, 1.82) is 0 Å². The van der Waals surface area contributed by atoms with Gasteiger partial charge in [0.25, 0.3) is 0 Å². The maximum absolute atomic E-state index is 11.9. The van der Waals surface area contributed by atoms with E-state index in [9.17, 15) is 19.8 Å². The Labute approximate surface area is 238 Å². The lowest BCUT2D eigenvalue weighted by molar-refractivity contribution is -0.161. The normalized spacial score (nSPS) is 13.6. The van der Waals surface area contributed by atoms with Gasteiger partial charge in [-0.05, 0) is 38.5 Å². The second kappa shape index (κ2) is 28.8. The highest BCUT2D eigenvalue weighted by molar-refractivity contribution is 5.70. The van der Waals surface area contributed by atoms with Gasteiger partial charge in [-0.2, -0.15) is 0 Å². The predicted molar refractivity (Wildman–Crippen MR) is 160 cm³/mol. The molecule has 0 amide bonds. The van der Waals surface area contributed by atoms with Crippen molar-refractivity contribution in [3.63, 3.8) is 0 Å². The van der Waals surface area contributed by atoms with Crippen molar-refractivity contribution in [2.24, 2.45) is 0 Å². The van der Waals surface area contributed by atoms with E-state index in [1.165, 1.54) is 32.1 Å². The van der Waals surface area contributed by atoms with E-state index in [1.54, 1.807) is 0 Å². The monoisotopic (exact) mass is 548 g/mol. The summed E-state index contributed by atoms with van der Waals surface area (Å²) < 4.78 is 10.4. The maximum atomic E-state index is 11.9. The van der Waals surface area contributed by atoms with Gasteiger partial charge in [0, 0.05) is 12.8 Å². The molecule has 0 saturated heterocycles. The Hall–Kier alpha value is -2.18. The molecule has 224 valence electrons. The highest BCUT2D eigenvalue weighted by Crippen LogP contribution is 2.10. The first-order valence-corrected chi connectivity index (χ1v) is 15.3. The van der Waals surface area contributed by atoms with Gasteiger partial charge in [-0.15, -0.1) is 0 Å². The quantitative estimate of drug-likeness (QED) is 0.0498. The fraction of sp³-hybridized carbons (Fsp3) is 0.697. The molecule has 0 saturated carbocycles. The zero-order chi connectivity index (χ0) is 28.8. The molecule has 6 heteroatoms. The number of aliphatic hydroxyl groups is 2. The Kier molecular flexibility index (Phi) is 27.2. The molecule has 0 fully saturated rings. The Bertz CT molecular complexity index is 694. The van der Waals surface area contributed by atoms with Crippen LogP contribution in [-0.4, -0.2) is 47.6 Å². The Morgan fingerprint density at radius 1 is 0.718 bits per heavy atom.